The molecule has 0 unspecified atom stereocenters. The van der Waals surface area contributed by atoms with Crippen LogP contribution in [0, 0.1) is 6.92 Å². The molecule has 150 valence electrons. The molecule has 0 aliphatic heterocycles. The van der Waals surface area contributed by atoms with Crippen molar-refractivity contribution in [3.05, 3.63) is 53.4 Å². The largest absolute Gasteiger partial charge is 0.443 e. The number of nitrogens with zero attached hydrogens (tertiary/aromatic N) is 2. The zero-order chi connectivity index (χ0) is 20.1. The Labute approximate surface area is 166 Å². The molecule has 0 fully saturated rings. The molecule has 3 aromatic rings. The van der Waals surface area contributed by atoms with Gasteiger partial charge in [-0.15, -0.1) is 0 Å². The Balaban J connectivity index is 1.61. The fraction of sp³-hybridized carbons (Fsp3) is 0.455. The molecule has 0 radical (unpaired) electrons. The van der Waals surface area contributed by atoms with Gasteiger partial charge in [0.15, 0.2) is 5.96 Å². The minimum Gasteiger partial charge on any atom is -0.443 e. The minimum atomic E-state index is -0.0465. The lowest BCUT2D eigenvalue weighted by molar-refractivity contribution is 0.383. The highest BCUT2D eigenvalue weighted by molar-refractivity contribution is 5.86. The maximum atomic E-state index is 5.82. The fourth-order valence-electron chi connectivity index (χ4n) is 3.18. The second kappa shape index (κ2) is 8.50. The molecule has 0 saturated carbocycles. The highest BCUT2D eigenvalue weighted by Gasteiger charge is 2.19. The number of nitrogens with one attached hydrogen (secondary N) is 3. The predicted octanol–water partition coefficient (Wildman–Crippen LogP) is 4.06. The summed E-state index contributed by atoms with van der Waals surface area (Å²) in [6, 6.07) is 6.35. The number of rotatable bonds is 6. The van der Waals surface area contributed by atoms with Crippen LogP contribution >= 0.6 is 0 Å². The maximum absolute atomic E-state index is 5.82. The Morgan fingerprint density at radius 3 is 2.79 bits per heavy atom. The molecule has 0 amide bonds. The van der Waals surface area contributed by atoms with E-state index in [0.717, 1.165) is 31.2 Å². The molecule has 0 saturated heterocycles. The van der Waals surface area contributed by atoms with Crippen LogP contribution in [-0.4, -0.2) is 29.0 Å². The first-order valence-corrected chi connectivity index (χ1v) is 9.91. The summed E-state index contributed by atoms with van der Waals surface area (Å²) < 4.78 is 5.82. The van der Waals surface area contributed by atoms with E-state index in [4.69, 9.17) is 4.42 Å². The molecule has 3 rings (SSSR count). The van der Waals surface area contributed by atoms with Crippen LogP contribution in [0.3, 0.4) is 0 Å². The Kier molecular flexibility index (Phi) is 6.07. The van der Waals surface area contributed by atoms with Gasteiger partial charge in [0.1, 0.15) is 12.3 Å². The summed E-state index contributed by atoms with van der Waals surface area (Å²) in [6.45, 7) is 12.6. The van der Waals surface area contributed by atoms with Crippen molar-refractivity contribution in [2.45, 2.75) is 53.0 Å². The monoisotopic (exact) mass is 381 g/mol. The molecule has 0 aliphatic rings. The second-order valence-corrected chi connectivity index (χ2v) is 8.05. The first-order valence-electron chi connectivity index (χ1n) is 9.91. The smallest absolute Gasteiger partial charge is 0.216 e. The molecular weight excluding hydrogens is 350 g/mol. The second-order valence-electron chi connectivity index (χ2n) is 8.05. The topological polar surface area (TPSA) is 78.2 Å². The number of aromatic amines is 1. The summed E-state index contributed by atoms with van der Waals surface area (Å²) in [4.78, 5) is 12.3. The molecule has 0 bridgehead atoms. The van der Waals surface area contributed by atoms with Crippen LogP contribution in [0.5, 0.6) is 0 Å². The molecule has 0 spiro atoms. The maximum Gasteiger partial charge on any atom is 0.216 e. The van der Waals surface area contributed by atoms with E-state index in [1.54, 1.807) is 6.20 Å². The van der Waals surface area contributed by atoms with Crippen LogP contribution in [0.15, 0.2) is 40.0 Å². The number of H-pyrrole nitrogens is 1. The van der Waals surface area contributed by atoms with Gasteiger partial charge in [0, 0.05) is 35.6 Å². The van der Waals surface area contributed by atoms with Gasteiger partial charge in [-0.25, -0.2) is 9.98 Å². The van der Waals surface area contributed by atoms with E-state index in [1.165, 1.54) is 22.0 Å². The van der Waals surface area contributed by atoms with Gasteiger partial charge in [0.25, 0.3) is 0 Å². The van der Waals surface area contributed by atoms with Crippen LogP contribution in [0.2, 0.25) is 0 Å². The van der Waals surface area contributed by atoms with E-state index >= 15 is 0 Å². The molecule has 0 aliphatic carbocycles. The number of aromatic nitrogens is 2. The van der Waals surface area contributed by atoms with Crippen molar-refractivity contribution in [3.8, 4) is 0 Å². The van der Waals surface area contributed by atoms with Crippen LogP contribution in [0.25, 0.3) is 10.9 Å². The Bertz CT molecular complexity index is 945. The molecule has 0 atom stereocenters. The molecule has 2 aromatic heterocycles. The zero-order valence-corrected chi connectivity index (χ0v) is 17.5. The normalized spacial score (nSPS) is 12.5. The number of benzene rings is 1. The SMILES string of the molecule is CCNC(=NCc1ncc(C(C)(C)C)o1)NCCc1c[nH]c2cccc(C)c12. The standard InChI is InChI=1S/C22H31N5O/c1-6-23-21(27-14-19-26-13-18(28-19)22(3,4)5)24-11-10-16-12-25-17-9-7-8-15(2)20(16)17/h7-9,12-13,25H,6,10-11,14H2,1-5H3,(H2,23,24,27). The lowest BCUT2D eigenvalue weighted by Crippen LogP contribution is -2.38. The van der Waals surface area contributed by atoms with Crippen molar-refractivity contribution in [2.75, 3.05) is 13.1 Å². The summed E-state index contributed by atoms with van der Waals surface area (Å²) in [5, 5.41) is 8.01. The summed E-state index contributed by atoms with van der Waals surface area (Å²) in [6.07, 6.45) is 4.82. The fourth-order valence-corrected chi connectivity index (χ4v) is 3.18. The number of aliphatic imine (C=N–C) groups is 1. The lowest BCUT2D eigenvalue weighted by atomic mass is 9.94. The van der Waals surface area contributed by atoms with Crippen LogP contribution in [0.1, 0.15) is 50.5 Å². The molecule has 1 aromatic carbocycles. The predicted molar refractivity (Wildman–Crippen MR) is 115 cm³/mol. The van der Waals surface area contributed by atoms with Crippen LogP contribution in [-0.2, 0) is 18.4 Å². The van der Waals surface area contributed by atoms with Crippen molar-refractivity contribution < 1.29 is 4.42 Å². The molecule has 28 heavy (non-hydrogen) atoms. The van der Waals surface area contributed by atoms with Gasteiger partial charge in [-0.05, 0) is 37.5 Å². The van der Waals surface area contributed by atoms with Crippen molar-refractivity contribution >= 4 is 16.9 Å². The van der Waals surface area contributed by atoms with E-state index in [1.807, 2.05) is 0 Å². The number of oxazole rings is 1. The average molecular weight is 382 g/mol. The third kappa shape index (κ3) is 4.74. The number of guanidine groups is 1. The first-order chi connectivity index (χ1) is 13.4. The Hall–Kier alpha value is -2.76. The molecular formula is C22H31N5O. The lowest BCUT2D eigenvalue weighted by Gasteiger charge is -2.13. The van der Waals surface area contributed by atoms with Crippen molar-refractivity contribution in [3.63, 3.8) is 0 Å². The number of fused-ring (bicyclic) bond motifs is 1. The van der Waals surface area contributed by atoms with Crippen molar-refractivity contribution in [1.29, 1.82) is 0 Å². The van der Waals surface area contributed by atoms with E-state index in [-0.39, 0.29) is 5.41 Å². The molecule has 6 nitrogen and oxygen atoms in total. The van der Waals surface area contributed by atoms with Gasteiger partial charge in [-0.1, -0.05) is 32.9 Å². The van der Waals surface area contributed by atoms with Gasteiger partial charge >= 0.3 is 0 Å². The first kappa shape index (κ1) is 20.0. The third-order valence-electron chi connectivity index (χ3n) is 4.69. The third-order valence-corrected chi connectivity index (χ3v) is 4.69. The highest BCUT2D eigenvalue weighted by atomic mass is 16.4. The summed E-state index contributed by atoms with van der Waals surface area (Å²) in [5.41, 5.74) is 3.76. The van der Waals surface area contributed by atoms with Crippen LogP contribution in [0.4, 0.5) is 0 Å². The zero-order valence-electron chi connectivity index (χ0n) is 17.5. The average Bonchev–Trinajstić information content (AvgIpc) is 3.27. The highest BCUT2D eigenvalue weighted by Crippen LogP contribution is 2.23. The summed E-state index contributed by atoms with van der Waals surface area (Å²) in [5.74, 6) is 2.29. The van der Waals surface area contributed by atoms with Gasteiger partial charge in [-0.2, -0.15) is 0 Å². The summed E-state index contributed by atoms with van der Waals surface area (Å²) >= 11 is 0. The minimum absolute atomic E-state index is 0.0465. The summed E-state index contributed by atoms with van der Waals surface area (Å²) in [7, 11) is 0. The van der Waals surface area contributed by atoms with Gasteiger partial charge in [0.2, 0.25) is 5.89 Å². The van der Waals surface area contributed by atoms with E-state index < -0.39 is 0 Å². The number of aryl methyl sites for hydroxylation is 1. The Morgan fingerprint density at radius 1 is 1.25 bits per heavy atom. The van der Waals surface area contributed by atoms with Gasteiger partial charge in [0.05, 0.1) is 6.20 Å². The Morgan fingerprint density at radius 2 is 2.07 bits per heavy atom. The quantitative estimate of drug-likeness (QED) is 0.444. The molecule has 3 N–H and O–H groups in total. The van der Waals surface area contributed by atoms with Crippen molar-refractivity contribution in [2.24, 2.45) is 4.99 Å². The van der Waals surface area contributed by atoms with E-state index in [0.29, 0.717) is 12.4 Å². The molecule has 6 heteroatoms. The van der Waals surface area contributed by atoms with Gasteiger partial charge < -0.3 is 20.0 Å². The van der Waals surface area contributed by atoms with E-state index in [9.17, 15) is 0 Å². The van der Waals surface area contributed by atoms with Crippen molar-refractivity contribution in [1.82, 2.24) is 20.6 Å². The van der Waals surface area contributed by atoms with Crippen LogP contribution < -0.4 is 10.6 Å². The molecule has 2 heterocycles. The van der Waals surface area contributed by atoms with Gasteiger partial charge in [-0.3, -0.25) is 0 Å². The number of hydrogen-bond donors (Lipinski definition) is 3. The number of hydrogen-bond acceptors (Lipinski definition) is 3. The van der Waals surface area contributed by atoms with E-state index in [2.05, 4.69) is 84.6 Å².